The highest BCUT2D eigenvalue weighted by atomic mass is 32.1. The Labute approximate surface area is 187 Å². The first-order chi connectivity index (χ1) is 15.0. The molecule has 1 aliphatic rings. The maximum Gasteiger partial charge on any atom is 0.343 e. The van der Waals surface area contributed by atoms with Crippen molar-refractivity contribution < 1.29 is 14.3 Å². The molecule has 1 fully saturated rings. The third kappa shape index (κ3) is 5.04. The topological polar surface area (TPSA) is 59.7 Å². The zero-order valence-electron chi connectivity index (χ0n) is 18.4. The second-order valence-electron chi connectivity index (χ2n) is 8.57. The molecule has 0 aliphatic heterocycles. The van der Waals surface area contributed by atoms with Crippen LogP contribution < -0.4 is 10.4 Å². The molecule has 2 heterocycles. The Morgan fingerprint density at radius 2 is 1.94 bits per heavy atom. The Morgan fingerprint density at radius 3 is 2.48 bits per heavy atom. The summed E-state index contributed by atoms with van der Waals surface area (Å²) in [6.07, 6.45) is 4.92. The quantitative estimate of drug-likeness (QED) is 0.420. The molecule has 0 amide bonds. The fourth-order valence-corrected chi connectivity index (χ4v) is 5.39. The minimum atomic E-state index is -0.413. The number of hydrogen-bond acceptors (Lipinski definition) is 5. The number of benzene rings is 1. The Hall–Kier alpha value is -2.53. The van der Waals surface area contributed by atoms with Gasteiger partial charge in [-0.05, 0) is 61.9 Å². The van der Waals surface area contributed by atoms with E-state index in [1.54, 1.807) is 24.5 Å². The van der Waals surface area contributed by atoms with Gasteiger partial charge in [0.25, 0.3) is 0 Å². The molecular weight excluding hydrogens is 408 g/mol. The molecule has 0 radical (unpaired) electrons. The molecule has 3 aromatic rings. The van der Waals surface area contributed by atoms with Gasteiger partial charge in [-0.1, -0.05) is 31.9 Å². The van der Waals surface area contributed by atoms with E-state index in [-0.39, 0.29) is 17.6 Å². The number of ether oxygens (including phenoxy) is 1. The monoisotopic (exact) mass is 438 g/mol. The van der Waals surface area contributed by atoms with Gasteiger partial charge < -0.3 is 14.3 Å². The molecule has 5 heteroatoms. The summed E-state index contributed by atoms with van der Waals surface area (Å²) in [5.74, 6) is 2.06. The first kappa shape index (κ1) is 21.7. The van der Waals surface area contributed by atoms with E-state index in [0.29, 0.717) is 17.2 Å². The first-order valence-corrected chi connectivity index (χ1v) is 11.9. The lowest BCUT2D eigenvalue weighted by atomic mass is 9.90. The molecule has 1 aromatic carbocycles. The van der Waals surface area contributed by atoms with Crippen molar-refractivity contribution in [2.24, 2.45) is 5.92 Å². The number of methoxy groups -OCH3 is 1. The van der Waals surface area contributed by atoms with Gasteiger partial charge >= 0.3 is 5.63 Å². The molecule has 0 saturated heterocycles. The zero-order valence-corrected chi connectivity index (χ0v) is 19.2. The summed E-state index contributed by atoms with van der Waals surface area (Å²) in [4.78, 5) is 15.3. The van der Waals surface area contributed by atoms with E-state index in [1.807, 2.05) is 32.0 Å². The highest BCUT2D eigenvalue weighted by Crippen LogP contribution is 2.42. The molecule has 4 rings (SSSR count). The van der Waals surface area contributed by atoms with Crippen molar-refractivity contribution in [2.45, 2.75) is 57.8 Å². The lowest BCUT2D eigenvalue weighted by Gasteiger charge is -2.19. The Kier molecular flexibility index (Phi) is 6.51. The standard InChI is InChI=1S/C26H30O4S/c1-4-21(24-12-5-16(2)31-24)25-22(27)15-23(30-26(25)28)19(13-17-6-7-17)14-18-8-10-20(29-3)11-9-18/h5,8-12,15,17,19,21,27H,4,6-7,13-14H2,1-3H3. The van der Waals surface area contributed by atoms with Crippen LogP contribution in [0.3, 0.4) is 0 Å². The van der Waals surface area contributed by atoms with Gasteiger partial charge in [-0.2, -0.15) is 0 Å². The molecule has 1 saturated carbocycles. The van der Waals surface area contributed by atoms with Crippen LogP contribution in [0.4, 0.5) is 0 Å². The SMILES string of the molecule is CCC(c1ccc(C)s1)c1c(O)cc(C(Cc2ccc(OC)cc2)CC2CC2)oc1=O. The second-order valence-corrected chi connectivity index (χ2v) is 9.89. The van der Waals surface area contributed by atoms with Gasteiger partial charge in [0.1, 0.15) is 17.3 Å². The zero-order chi connectivity index (χ0) is 22.0. The van der Waals surface area contributed by atoms with Crippen LogP contribution in [0.1, 0.15) is 71.1 Å². The maximum atomic E-state index is 13.0. The molecule has 2 unspecified atom stereocenters. The molecule has 31 heavy (non-hydrogen) atoms. The van der Waals surface area contributed by atoms with Crippen molar-refractivity contribution in [1.29, 1.82) is 0 Å². The number of aryl methyl sites for hydroxylation is 1. The number of aromatic hydroxyl groups is 1. The summed E-state index contributed by atoms with van der Waals surface area (Å²) in [5, 5.41) is 10.9. The fourth-order valence-electron chi connectivity index (χ4n) is 4.32. The minimum absolute atomic E-state index is 0.0553. The van der Waals surface area contributed by atoms with Crippen molar-refractivity contribution in [3.8, 4) is 11.5 Å². The lowest BCUT2D eigenvalue weighted by molar-refractivity contribution is 0.372. The van der Waals surface area contributed by atoms with E-state index in [0.717, 1.165) is 35.5 Å². The summed E-state index contributed by atoms with van der Waals surface area (Å²) in [7, 11) is 1.66. The van der Waals surface area contributed by atoms with E-state index in [9.17, 15) is 9.90 Å². The smallest absolute Gasteiger partial charge is 0.343 e. The van der Waals surface area contributed by atoms with Crippen molar-refractivity contribution >= 4 is 11.3 Å². The molecular formula is C26H30O4S. The molecule has 2 aromatic heterocycles. The van der Waals surface area contributed by atoms with Crippen LogP contribution in [0.2, 0.25) is 0 Å². The molecule has 4 nitrogen and oxygen atoms in total. The molecule has 0 bridgehead atoms. The largest absolute Gasteiger partial charge is 0.507 e. The van der Waals surface area contributed by atoms with Crippen LogP contribution in [0.5, 0.6) is 11.5 Å². The van der Waals surface area contributed by atoms with Crippen molar-refractivity contribution in [3.05, 3.63) is 79.5 Å². The predicted octanol–water partition coefficient (Wildman–Crippen LogP) is 6.39. The van der Waals surface area contributed by atoms with Crippen LogP contribution in [-0.2, 0) is 6.42 Å². The number of rotatable bonds is 9. The Balaban J connectivity index is 1.64. The van der Waals surface area contributed by atoms with Crippen molar-refractivity contribution in [3.63, 3.8) is 0 Å². The average Bonchev–Trinajstić information content (AvgIpc) is 3.48. The summed E-state index contributed by atoms with van der Waals surface area (Å²) < 4.78 is 11.1. The van der Waals surface area contributed by atoms with E-state index >= 15 is 0 Å². The van der Waals surface area contributed by atoms with Gasteiger partial charge in [0, 0.05) is 27.7 Å². The lowest BCUT2D eigenvalue weighted by Crippen LogP contribution is -2.16. The Morgan fingerprint density at radius 1 is 1.19 bits per heavy atom. The molecule has 1 N–H and O–H groups in total. The van der Waals surface area contributed by atoms with Crippen LogP contribution >= 0.6 is 11.3 Å². The van der Waals surface area contributed by atoms with E-state index in [2.05, 4.69) is 18.2 Å². The highest BCUT2D eigenvalue weighted by molar-refractivity contribution is 7.12. The summed E-state index contributed by atoms with van der Waals surface area (Å²) in [6, 6.07) is 13.8. The van der Waals surface area contributed by atoms with Crippen LogP contribution in [0.25, 0.3) is 0 Å². The molecule has 0 spiro atoms. The Bertz CT molecular complexity index is 1080. The molecule has 1 aliphatic carbocycles. The molecule has 164 valence electrons. The number of thiophene rings is 1. The average molecular weight is 439 g/mol. The normalized spacial score (nSPS) is 15.6. The third-order valence-electron chi connectivity index (χ3n) is 6.20. The van der Waals surface area contributed by atoms with Crippen molar-refractivity contribution in [2.75, 3.05) is 7.11 Å². The minimum Gasteiger partial charge on any atom is -0.507 e. The highest BCUT2D eigenvalue weighted by Gasteiger charge is 2.30. The van der Waals surface area contributed by atoms with E-state index < -0.39 is 5.63 Å². The molecule has 2 atom stereocenters. The summed E-state index contributed by atoms with van der Waals surface area (Å²) >= 11 is 1.66. The van der Waals surface area contributed by atoms with Crippen LogP contribution in [0.15, 0.2) is 51.7 Å². The van der Waals surface area contributed by atoms with Crippen LogP contribution in [0, 0.1) is 12.8 Å². The fraction of sp³-hybridized carbons (Fsp3) is 0.423. The first-order valence-electron chi connectivity index (χ1n) is 11.0. The second kappa shape index (κ2) is 9.31. The number of hydrogen-bond donors (Lipinski definition) is 1. The van der Waals surface area contributed by atoms with Gasteiger partial charge in [-0.3, -0.25) is 0 Å². The summed E-state index contributed by atoms with van der Waals surface area (Å²) in [5.41, 5.74) is 1.13. The van der Waals surface area contributed by atoms with E-state index in [1.165, 1.54) is 17.7 Å². The van der Waals surface area contributed by atoms with Crippen LogP contribution in [-0.4, -0.2) is 12.2 Å². The third-order valence-corrected chi connectivity index (χ3v) is 7.32. The predicted molar refractivity (Wildman–Crippen MR) is 125 cm³/mol. The van der Waals surface area contributed by atoms with E-state index in [4.69, 9.17) is 9.15 Å². The maximum absolute atomic E-state index is 13.0. The van der Waals surface area contributed by atoms with Gasteiger partial charge in [0.15, 0.2) is 0 Å². The van der Waals surface area contributed by atoms with Crippen molar-refractivity contribution in [1.82, 2.24) is 0 Å². The van der Waals surface area contributed by atoms with Gasteiger partial charge in [0.05, 0.1) is 12.7 Å². The summed E-state index contributed by atoms with van der Waals surface area (Å²) in [6.45, 7) is 4.08. The van der Waals surface area contributed by atoms with Gasteiger partial charge in [-0.25, -0.2) is 4.79 Å². The van der Waals surface area contributed by atoms with Gasteiger partial charge in [0.2, 0.25) is 0 Å². The van der Waals surface area contributed by atoms with Gasteiger partial charge in [-0.15, -0.1) is 11.3 Å².